The molecule has 0 aliphatic heterocycles. The molecular formula is C13H16O6. The van der Waals surface area contributed by atoms with Crippen LogP contribution in [0.5, 0.6) is 11.5 Å². The number of esters is 2. The van der Waals surface area contributed by atoms with E-state index in [9.17, 15) is 9.59 Å². The summed E-state index contributed by atoms with van der Waals surface area (Å²) in [4.78, 5) is 22.2. The van der Waals surface area contributed by atoms with Crippen LogP contribution < -0.4 is 9.47 Å². The van der Waals surface area contributed by atoms with Crippen molar-refractivity contribution in [1.29, 1.82) is 0 Å². The number of hydrogen-bond acceptors (Lipinski definition) is 6. The van der Waals surface area contributed by atoms with Crippen LogP contribution in [0, 0.1) is 0 Å². The maximum absolute atomic E-state index is 11.3. The first-order chi connectivity index (χ1) is 9.15. The van der Waals surface area contributed by atoms with Gasteiger partial charge in [0.25, 0.3) is 0 Å². The molecular weight excluding hydrogens is 252 g/mol. The second-order valence-electron chi connectivity index (χ2n) is 3.43. The van der Waals surface area contributed by atoms with Crippen molar-refractivity contribution >= 4 is 11.9 Å². The van der Waals surface area contributed by atoms with Crippen molar-refractivity contribution in [3.8, 4) is 11.5 Å². The molecule has 1 rings (SSSR count). The van der Waals surface area contributed by atoms with Crippen LogP contribution in [0.1, 0.15) is 6.92 Å². The standard InChI is InChI=1S/C13H16O6/c1-3-17-12(14)9-19-13(15)8-18-11-6-4-5-10(7-11)16-2/h4-7H,3,8-9H2,1-2H3. The SMILES string of the molecule is CCOC(=O)COC(=O)COc1cccc(OC)c1. The van der Waals surface area contributed by atoms with Crippen molar-refractivity contribution in [1.82, 2.24) is 0 Å². The van der Waals surface area contributed by atoms with Gasteiger partial charge in [-0.15, -0.1) is 0 Å². The van der Waals surface area contributed by atoms with E-state index in [2.05, 4.69) is 9.47 Å². The fourth-order valence-electron chi connectivity index (χ4n) is 1.22. The molecule has 0 aliphatic carbocycles. The number of rotatable bonds is 7. The molecule has 6 heteroatoms. The Morgan fingerprint density at radius 3 is 2.42 bits per heavy atom. The highest BCUT2D eigenvalue weighted by atomic mass is 16.6. The molecule has 0 amide bonds. The molecule has 0 unspecified atom stereocenters. The third kappa shape index (κ3) is 5.76. The lowest BCUT2D eigenvalue weighted by molar-refractivity contribution is -0.159. The summed E-state index contributed by atoms with van der Waals surface area (Å²) in [6, 6.07) is 6.81. The first-order valence-electron chi connectivity index (χ1n) is 5.73. The molecule has 0 saturated carbocycles. The van der Waals surface area contributed by atoms with Gasteiger partial charge in [0.15, 0.2) is 13.2 Å². The predicted octanol–water partition coefficient (Wildman–Crippen LogP) is 1.18. The first-order valence-corrected chi connectivity index (χ1v) is 5.73. The Morgan fingerprint density at radius 2 is 1.74 bits per heavy atom. The maximum atomic E-state index is 11.3. The number of ether oxygens (including phenoxy) is 4. The van der Waals surface area contributed by atoms with Gasteiger partial charge in [0, 0.05) is 6.07 Å². The Hall–Kier alpha value is -2.24. The van der Waals surface area contributed by atoms with Crippen molar-refractivity contribution in [3.63, 3.8) is 0 Å². The van der Waals surface area contributed by atoms with E-state index < -0.39 is 18.5 Å². The van der Waals surface area contributed by atoms with E-state index in [-0.39, 0.29) is 13.2 Å². The fraction of sp³-hybridized carbons (Fsp3) is 0.385. The summed E-state index contributed by atoms with van der Waals surface area (Å²) in [5, 5.41) is 0. The Morgan fingerprint density at radius 1 is 1.05 bits per heavy atom. The number of carbonyl (C=O) groups is 2. The Balaban J connectivity index is 2.31. The van der Waals surface area contributed by atoms with E-state index in [1.165, 1.54) is 7.11 Å². The average molecular weight is 268 g/mol. The van der Waals surface area contributed by atoms with E-state index in [0.717, 1.165) is 0 Å². The monoisotopic (exact) mass is 268 g/mol. The van der Waals surface area contributed by atoms with Gasteiger partial charge in [-0.25, -0.2) is 9.59 Å². The van der Waals surface area contributed by atoms with E-state index >= 15 is 0 Å². The summed E-state index contributed by atoms with van der Waals surface area (Å²) >= 11 is 0. The van der Waals surface area contributed by atoms with Gasteiger partial charge in [-0.1, -0.05) is 6.07 Å². The fourth-order valence-corrected chi connectivity index (χ4v) is 1.22. The van der Waals surface area contributed by atoms with Crippen LogP contribution in [-0.2, 0) is 19.1 Å². The molecule has 1 aromatic rings. The highest BCUT2D eigenvalue weighted by molar-refractivity contribution is 5.77. The zero-order valence-electron chi connectivity index (χ0n) is 10.9. The lowest BCUT2D eigenvalue weighted by Gasteiger charge is -2.07. The van der Waals surface area contributed by atoms with Crippen LogP contribution in [0.2, 0.25) is 0 Å². The second kappa shape index (κ2) is 7.97. The maximum Gasteiger partial charge on any atom is 0.344 e. The number of carbonyl (C=O) groups excluding carboxylic acids is 2. The Labute approximate surface area is 111 Å². The Kier molecular flexibility index (Phi) is 6.21. The molecule has 0 N–H and O–H groups in total. The van der Waals surface area contributed by atoms with Crippen molar-refractivity contribution < 1.29 is 28.5 Å². The summed E-state index contributed by atoms with van der Waals surface area (Å²) in [7, 11) is 1.53. The highest BCUT2D eigenvalue weighted by Crippen LogP contribution is 2.18. The van der Waals surface area contributed by atoms with Crippen molar-refractivity contribution in [3.05, 3.63) is 24.3 Å². The topological polar surface area (TPSA) is 71.1 Å². The van der Waals surface area contributed by atoms with Gasteiger partial charge in [0.1, 0.15) is 11.5 Å². The molecule has 0 aliphatic rings. The normalized spacial score (nSPS) is 9.58. The van der Waals surface area contributed by atoms with Crippen LogP contribution in [0.25, 0.3) is 0 Å². The van der Waals surface area contributed by atoms with Crippen LogP contribution in [0.15, 0.2) is 24.3 Å². The van der Waals surface area contributed by atoms with Crippen LogP contribution in [-0.4, -0.2) is 38.9 Å². The molecule has 0 atom stereocenters. The molecule has 0 aromatic heterocycles. The lowest BCUT2D eigenvalue weighted by atomic mass is 10.3. The number of benzene rings is 1. The molecule has 6 nitrogen and oxygen atoms in total. The van der Waals surface area contributed by atoms with Crippen LogP contribution in [0.3, 0.4) is 0 Å². The third-order valence-corrected chi connectivity index (χ3v) is 2.05. The summed E-state index contributed by atoms with van der Waals surface area (Å²) < 4.78 is 19.5. The highest BCUT2D eigenvalue weighted by Gasteiger charge is 2.09. The van der Waals surface area contributed by atoms with Gasteiger partial charge < -0.3 is 18.9 Å². The van der Waals surface area contributed by atoms with Gasteiger partial charge in [0.05, 0.1) is 13.7 Å². The molecule has 0 radical (unpaired) electrons. The van der Waals surface area contributed by atoms with Crippen LogP contribution in [0.4, 0.5) is 0 Å². The quantitative estimate of drug-likeness (QED) is 0.691. The molecule has 0 fully saturated rings. The third-order valence-electron chi connectivity index (χ3n) is 2.05. The van der Waals surface area contributed by atoms with Gasteiger partial charge in [-0.2, -0.15) is 0 Å². The molecule has 0 heterocycles. The smallest absolute Gasteiger partial charge is 0.344 e. The second-order valence-corrected chi connectivity index (χ2v) is 3.43. The summed E-state index contributed by atoms with van der Waals surface area (Å²) in [5.74, 6) is -0.127. The van der Waals surface area contributed by atoms with Crippen molar-refractivity contribution in [2.75, 3.05) is 26.9 Å². The molecule has 0 saturated heterocycles. The van der Waals surface area contributed by atoms with Crippen LogP contribution >= 0.6 is 0 Å². The summed E-state index contributed by atoms with van der Waals surface area (Å²) in [6.45, 7) is 1.23. The number of hydrogen-bond donors (Lipinski definition) is 0. The minimum absolute atomic E-state index is 0.247. The predicted molar refractivity (Wildman–Crippen MR) is 66.1 cm³/mol. The largest absolute Gasteiger partial charge is 0.497 e. The van der Waals surface area contributed by atoms with E-state index in [0.29, 0.717) is 11.5 Å². The molecule has 19 heavy (non-hydrogen) atoms. The molecule has 0 spiro atoms. The summed E-state index contributed by atoms with van der Waals surface area (Å²) in [5.41, 5.74) is 0. The minimum atomic E-state index is -0.643. The van der Waals surface area contributed by atoms with E-state index in [4.69, 9.17) is 9.47 Å². The van der Waals surface area contributed by atoms with Gasteiger partial charge in [-0.05, 0) is 19.1 Å². The Bertz CT molecular complexity index is 429. The van der Waals surface area contributed by atoms with Crippen molar-refractivity contribution in [2.24, 2.45) is 0 Å². The van der Waals surface area contributed by atoms with Crippen molar-refractivity contribution in [2.45, 2.75) is 6.92 Å². The lowest BCUT2D eigenvalue weighted by Crippen LogP contribution is -2.20. The number of methoxy groups -OCH3 is 1. The van der Waals surface area contributed by atoms with E-state index in [1.54, 1.807) is 31.2 Å². The first kappa shape index (κ1) is 14.8. The summed E-state index contributed by atoms with van der Waals surface area (Å²) in [6.07, 6.45) is 0. The zero-order valence-corrected chi connectivity index (χ0v) is 10.9. The molecule has 104 valence electrons. The molecule has 0 bridgehead atoms. The van der Waals surface area contributed by atoms with Gasteiger partial charge >= 0.3 is 11.9 Å². The van der Waals surface area contributed by atoms with Gasteiger partial charge in [-0.3, -0.25) is 0 Å². The average Bonchev–Trinajstić information content (AvgIpc) is 2.43. The van der Waals surface area contributed by atoms with Gasteiger partial charge in [0.2, 0.25) is 0 Å². The minimum Gasteiger partial charge on any atom is -0.497 e. The zero-order chi connectivity index (χ0) is 14.1. The molecule has 1 aromatic carbocycles. The van der Waals surface area contributed by atoms with E-state index in [1.807, 2.05) is 0 Å².